The van der Waals surface area contributed by atoms with E-state index in [1.807, 2.05) is 12.1 Å². The van der Waals surface area contributed by atoms with E-state index in [9.17, 15) is 4.79 Å². The van der Waals surface area contributed by atoms with Crippen LogP contribution >= 0.6 is 27.5 Å². The molecule has 1 fully saturated rings. The Hall–Kier alpha value is -0.890. The Morgan fingerprint density at radius 3 is 2.88 bits per heavy atom. The fourth-order valence-electron chi connectivity index (χ4n) is 2.85. The lowest BCUT2D eigenvalue weighted by atomic mass is 10.0. The first-order valence-corrected chi connectivity index (χ1v) is 9.70. The normalized spacial score (nSPS) is 18.4. The third kappa shape index (κ3) is 6.09. The van der Waals surface area contributed by atoms with Crippen LogP contribution in [0.25, 0.3) is 0 Å². The molecule has 1 atom stereocenters. The third-order valence-corrected chi connectivity index (χ3v) is 4.83. The van der Waals surface area contributed by atoms with E-state index in [2.05, 4.69) is 32.7 Å². The Morgan fingerprint density at radius 1 is 1.40 bits per heavy atom. The Labute approximate surface area is 162 Å². The molecule has 1 aliphatic heterocycles. The number of hydrogen-bond donors (Lipinski definition) is 0. The van der Waals surface area contributed by atoms with Gasteiger partial charge in [-0.2, -0.15) is 0 Å². The molecule has 8 heteroatoms. The minimum atomic E-state index is -0.246. The number of aromatic nitrogens is 1. The number of unbranched alkanes of at least 4 members (excludes halogenated alkanes) is 1. The lowest BCUT2D eigenvalue weighted by molar-refractivity contribution is 0.0375. The summed E-state index contributed by atoms with van der Waals surface area (Å²) in [5.41, 5.74) is 1.02. The summed E-state index contributed by atoms with van der Waals surface area (Å²) >= 11 is 9.51. The first-order valence-electron chi connectivity index (χ1n) is 8.52. The van der Waals surface area contributed by atoms with Crippen molar-refractivity contribution in [3.05, 3.63) is 27.5 Å². The zero-order valence-electron chi connectivity index (χ0n) is 14.7. The molecule has 1 saturated heterocycles. The number of carbonyl (C=O) groups is 1. The molecule has 0 aromatic carbocycles. The monoisotopic (exact) mass is 433 g/mol. The predicted molar refractivity (Wildman–Crippen MR) is 101 cm³/mol. The summed E-state index contributed by atoms with van der Waals surface area (Å²) in [6, 6.07) is 3.82. The van der Waals surface area contributed by atoms with Gasteiger partial charge in [0.1, 0.15) is 9.76 Å². The first kappa shape index (κ1) is 20.4. The van der Waals surface area contributed by atoms with Gasteiger partial charge in [-0.3, -0.25) is 4.90 Å². The fourth-order valence-corrected chi connectivity index (χ4v) is 3.62. The number of ether oxygens (including phenoxy) is 2. The van der Waals surface area contributed by atoms with Crippen LogP contribution in [-0.4, -0.2) is 67.4 Å². The van der Waals surface area contributed by atoms with Gasteiger partial charge in [-0.15, -0.1) is 0 Å². The predicted octanol–water partition coefficient (Wildman–Crippen LogP) is 3.74. The van der Waals surface area contributed by atoms with Crippen LogP contribution in [-0.2, 0) is 9.47 Å². The van der Waals surface area contributed by atoms with Gasteiger partial charge in [0.2, 0.25) is 0 Å². The minimum absolute atomic E-state index is 0.0272. The van der Waals surface area contributed by atoms with E-state index in [1.54, 1.807) is 12.0 Å². The van der Waals surface area contributed by atoms with Crippen LogP contribution in [0.15, 0.2) is 16.7 Å². The molecule has 0 aliphatic carbocycles. The van der Waals surface area contributed by atoms with Crippen LogP contribution in [0.1, 0.15) is 31.4 Å². The minimum Gasteiger partial charge on any atom is -0.449 e. The number of pyridine rings is 1. The Kier molecular flexibility index (Phi) is 8.42. The number of piperazine rings is 1. The fraction of sp³-hybridized carbons (Fsp3) is 0.647. The number of amides is 1. The molecule has 1 aliphatic rings. The van der Waals surface area contributed by atoms with Gasteiger partial charge in [0, 0.05) is 33.3 Å². The molecule has 1 unspecified atom stereocenters. The summed E-state index contributed by atoms with van der Waals surface area (Å²) in [5, 5.41) is 0.429. The molecule has 2 rings (SSSR count). The maximum Gasteiger partial charge on any atom is 0.409 e. The molecule has 1 amide bonds. The number of halogens is 2. The van der Waals surface area contributed by atoms with Crippen LogP contribution in [0.3, 0.4) is 0 Å². The van der Waals surface area contributed by atoms with Crippen molar-refractivity contribution < 1.29 is 14.3 Å². The van der Waals surface area contributed by atoms with Gasteiger partial charge in [0.05, 0.1) is 19.3 Å². The summed E-state index contributed by atoms with van der Waals surface area (Å²) in [7, 11) is 1.69. The first-order chi connectivity index (χ1) is 12.0. The van der Waals surface area contributed by atoms with Crippen molar-refractivity contribution in [2.24, 2.45) is 0 Å². The van der Waals surface area contributed by atoms with Gasteiger partial charge in [-0.25, -0.2) is 9.78 Å². The molecule has 25 heavy (non-hydrogen) atoms. The molecule has 1 aromatic rings. The van der Waals surface area contributed by atoms with E-state index in [-0.39, 0.29) is 12.1 Å². The molecular weight excluding hydrogens is 410 g/mol. The highest BCUT2D eigenvalue weighted by molar-refractivity contribution is 9.10. The van der Waals surface area contributed by atoms with Gasteiger partial charge in [-0.1, -0.05) is 24.9 Å². The van der Waals surface area contributed by atoms with Gasteiger partial charge < -0.3 is 14.4 Å². The number of rotatable bonds is 7. The SMILES string of the molecule is CCCCOC(=O)N1CCN(CCOC)C(c2cc(Cl)nc(Br)c2)C1. The second-order valence-electron chi connectivity index (χ2n) is 6.00. The van der Waals surface area contributed by atoms with Crippen molar-refractivity contribution in [2.45, 2.75) is 25.8 Å². The lowest BCUT2D eigenvalue weighted by Crippen LogP contribution is -2.51. The van der Waals surface area contributed by atoms with Crippen molar-refractivity contribution in [3.63, 3.8) is 0 Å². The molecule has 0 N–H and O–H groups in total. The number of nitrogens with zero attached hydrogens (tertiary/aromatic N) is 3. The summed E-state index contributed by atoms with van der Waals surface area (Å²) in [4.78, 5) is 20.5. The van der Waals surface area contributed by atoms with Crippen LogP contribution in [0, 0.1) is 0 Å². The molecule has 140 valence electrons. The van der Waals surface area contributed by atoms with Gasteiger partial charge in [0.15, 0.2) is 0 Å². The van der Waals surface area contributed by atoms with E-state index in [1.165, 1.54) is 0 Å². The zero-order chi connectivity index (χ0) is 18.2. The van der Waals surface area contributed by atoms with E-state index in [4.69, 9.17) is 21.1 Å². The van der Waals surface area contributed by atoms with Crippen molar-refractivity contribution in [3.8, 4) is 0 Å². The van der Waals surface area contributed by atoms with Crippen LogP contribution in [0.4, 0.5) is 4.79 Å². The van der Waals surface area contributed by atoms with Crippen molar-refractivity contribution in [1.29, 1.82) is 0 Å². The van der Waals surface area contributed by atoms with E-state index < -0.39 is 0 Å². The highest BCUT2D eigenvalue weighted by Gasteiger charge is 2.31. The highest BCUT2D eigenvalue weighted by atomic mass is 79.9. The Balaban J connectivity index is 2.12. The summed E-state index contributed by atoms with van der Waals surface area (Å²) in [6.45, 7) is 5.93. The number of carbonyl (C=O) groups excluding carboxylic acids is 1. The van der Waals surface area contributed by atoms with E-state index in [0.717, 1.165) is 31.5 Å². The second kappa shape index (κ2) is 10.3. The topological polar surface area (TPSA) is 54.9 Å². The average Bonchev–Trinajstić information content (AvgIpc) is 2.59. The van der Waals surface area contributed by atoms with Crippen molar-refractivity contribution in [2.75, 3.05) is 46.5 Å². The Morgan fingerprint density at radius 2 is 2.20 bits per heavy atom. The Bertz CT molecular complexity index is 556. The van der Waals surface area contributed by atoms with Crippen LogP contribution in [0.2, 0.25) is 5.15 Å². The van der Waals surface area contributed by atoms with Gasteiger partial charge >= 0.3 is 6.09 Å². The smallest absolute Gasteiger partial charge is 0.409 e. The molecule has 1 aromatic heterocycles. The summed E-state index contributed by atoms with van der Waals surface area (Å²) in [5.74, 6) is 0. The molecule has 0 radical (unpaired) electrons. The largest absolute Gasteiger partial charge is 0.449 e. The standard InChI is InChI=1S/C17H25BrClN3O3/c1-3-4-8-25-17(23)22-6-5-21(7-9-24-2)14(12-22)13-10-15(18)20-16(19)11-13/h10-11,14H,3-9,12H2,1-2H3. The summed E-state index contributed by atoms with van der Waals surface area (Å²) in [6.07, 6.45) is 1.64. The molecule has 0 bridgehead atoms. The summed E-state index contributed by atoms with van der Waals surface area (Å²) < 4.78 is 11.3. The quantitative estimate of drug-likeness (QED) is 0.483. The molecular formula is C17H25BrClN3O3. The van der Waals surface area contributed by atoms with Gasteiger partial charge in [0.25, 0.3) is 0 Å². The maximum absolute atomic E-state index is 12.3. The molecule has 0 spiro atoms. The van der Waals surface area contributed by atoms with E-state index in [0.29, 0.717) is 36.1 Å². The zero-order valence-corrected chi connectivity index (χ0v) is 17.1. The van der Waals surface area contributed by atoms with E-state index >= 15 is 0 Å². The van der Waals surface area contributed by atoms with Crippen LogP contribution in [0.5, 0.6) is 0 Å². The molecule has 2 heterocycles. The van der Waals surface area contributed by atoms with Gasteiger partial charge in [-0.05, 0) is 40.0 Å². The van der Waals surface area contributed by atoms with Crippen molar-refractivity contribution >= 4 is 33.6 Å². The number of hydrogen-bond acceptors (Lipinski definition) is 5. The highest BCUT2D eigenvalue weighted by Crippen LogP contribution is 2.29. The molecule has 0 saturated carbocycles. The lowest BCUT2D eigenvalue weighted by Gasteiger charge is -2.41. The third-order valence-electron chi connectivity index (χ3n) is 4.23. The second-order valence-corrected chi connectivity index (χ2v) is 7.20. The van der Waals surface area contributed by atoms with Crippen molar-refractivity contribution in [1.82, 2.24) is 14.8 Å². The molecule has 6 nitrogen and oxygen atoms in total. The maximum atomic E-state index is 12.3. The average molecular weight is 435 g/mol. The number of methoxy groups -OCH3 is 1. The van der Waals surface area contributed by atoms with Crippen LogP contribution < -0.4 is 0 Å².